The number of rotatable bonds is 5. The number of hydrogen-bond donors (Lipinski definition) is 2. The van der Waals surface area contributed by atoms with Crippen LogP contribution in [-0.2, 0) is 0 Å². The van der Waals surface area contributed by atoms with Crippen LogP contribution >= 0.6 is 23.2 Å². The van der Waals surface area contributed by atoms with Crippen molar-refractivity contribution in [1.29, 1.82) is 0 Å². The van der Waals surface area contributed by atoms with Crippen LogP contribution in [0.1, 0.15) is 23.7 Å². The van der Waals surface area contributed by atoms with Gasteiger partial charge in [0.05, 0.1) is 15.6 Å². The van der Waals surface area contributed by atoms with Crippen molar-refractivity contribution in [3.63, 3.8) is 0 Å². The molecule has 2 aromatic rings. The van der Waals surface area contributed by atoms with Crippen LogP contribution in [0.2, 0.25) is 10.0 Å². The predicted molar refractivity (Wildman–Crippen MR) is 85.2 cm³/mol. The average molecular weight is 325 g/mol. The molecule has 0 aliphatic heterocycles. The highest BCUT2D eigenvalue weighted by Crippen LogP contribution is 2.22. The molecule has 0 radical (unpaired) electrons. The zero-order chi connectivity index (χ0) is 15.2. The number of carbonyl (C=O) groups is 1. The van der Waals surface area contributed by atoms with Crippen molar-refractivity contribution in [3.05, 3.63) is 46.2 Å². The first-order valence-corrected chi connectivity index (χ1v) is 7.18. The summed E-state index contributed by atoms with van der Waals surface area (Å²) in [5.41, 5.74) is 0.337. The predicted octanol–water partition coefficient (Wildman–Crippen LogP) is 3.86. The fourth-order valence-electron chi connectivity index (χ4n) is 1.59. The summed E-state index contributed by atoms with van der Waals surface area (Å²) in [5.74, 6) is 0.492. The Labute approximate surface area is 132 Å². The van der Waals surface area contributed by atoms with E-state index in [0.29, 0.717) is 27.2 Å². The molecule has 0 bridgehead atoms. The van der Waals surface area contributed by atoms with Gasteiger partial charge in [-0.3, -0.25) is 4.79 Å². The number of pyridine rings is 2. The number of halogens is 2. The van der Waals surface area contributed by atoms with Crippen LogP contribution in [0.3, 0.4) is 0 Å². The Kier molecular flexibility index (Phi) is 5.36. The summed E-state index contributed by atoms with van der Waals surface area (Å²) >= 11 is 12.0. The van der Waals surface area contributed by atoms with Crippen molar-refractivity contribution < 1.29 is 4.79 Å². The Morgan fingerprint density at radius 3 is 2.71 bits per heavy atom. The molecule has 110 valence electrons. The third-order valence-corrected chi connectivity index (χ3v) is 3.23. The lowest BCUT2D eigenvalue weighted by atomic mass is 10.2. The Morgan fingerprint density at radius 2 is 2.05 bits per heavy atom. The first-order chi connectivity index (χ1) is 10.1. The van der Waals surface area contributed by atoms with E-state index in [-0.39, 0.29) is 5.91 Å². The van der Waals surface area contributed by atoms with Gasteiger partial charge in [0.25, 0.3) is 5.91 Å². The molecule has 2 N–H and O–H groups in total. The van der Waals surface area contributed by atoms with Gasteiger partial charge in [0.15, 0.2) is 5.82 Å². The van der Waals surface area contributed by atoms with Crippen molar-refractivity contribution in [2.75, 3.05) is 17.2 Å². The van der Waals surface area contributed by atoms with E-state index in [1.54, 1.807) is 24.4 Å². The molecule has 0 saturated carbocycles. The second-order valence-electron chi connectivity index (χ2n) is 4.27. The molecule has 0 unspecified atom stereocenters. The second kappa shape index (κ2) is 7.24. The van der Waals surface area contributed by atoms with Gasteiger partial charge in [-0.2, -0.15) is 0 Å². The molecule has 21 heavy (non-hydrogen) atoms. The van der Waals surface area contributed by atoms with Crippen LogP contribution in [0.25, 0.3) is 0 Å². The number of carbonyl (C=O) groups excluding carboxylic acids is 1. The van der Waals surface area contributed by atoms with E-state index in [1.807, 2.05) is 6.92 Å². The fraction of sp³-hybridized carbons (Fsp3) is 0.214. The number of aromatic nitrogens is 2. The van der Waals surface area contributed by atoms with E-state index in [4.69, 9.17) is 23.2 Å². The fourth-order valence-corrected chi connectivity index (χ4v) is 1.99. The molecule has 5 nitrogen and oxygen atoms in total. The molecule has 2 aromatic heterocycles. The maximum absolute atomic E-state index is 12.1. The lowest BCUT2D eigenvalue weighted by Gasteiger charge is -2.09. The summed E-state index contributed by atoms with van der Waals surface area (Å²) in [6.45, 7) is 2.81. The molecular formula is C14H14Cl2N4O. The molecule has 1 amide bonds. The van der Waals surface area contributed by atoms with Crippen LogP contribution in [0, 0.1) is 0 Å². The SMILES string of the molecule is CCCNc1ncc(C(=O)Nc2ncccc2Cl)cc1Cl. The molecule has 0 fully saturated rings. The van der Waals surface area contributed by atoms with Gasteiger partial charge in [-0.25, -0.2) is 9.97 Å². The molecule has 0 aliphatic carbocycles. The van der Waals surface area contributed by atoms with Gasteiger partial charge in [-0.05, 0) is 24.6 Å². The zero-order valence-corrected chi connectivity index (χ0v) is 12.9. The van der Waals surface area contributed by atoms with Gasteiger partial charge < -0.3 is 10.6 Å². The lowest BCUT2D eigenvalue weighted by Crippen LogP contribution is -2.14. The highest BCUT2D eigenvalue weighted by molar-refractivity contribution is 6.34. The van der Waals surface area contributed by atoms with E-state index >= 15 is 0 Å². The lowest BCUT2D eigenvalue weighted by molar-refractivity contribution is 0.102. The largest absolute Gasteiger partial charge is 0.369 e. The Bertz CT molecular complexity index is 649. The van der Waals surface area contributed by atoms with Crippen molar-refractivity contribution in [1.82, 2.24) is 9.97 Å². The average Bonchev–Trinajstić information content (AvgIpc) is 2.48. The van der Waals surface area contributed by atoms with Gasteiger partial charge in [-0.15, -0.1) is 0 Å². The summed E-state index contributed by atoms with van der Waals surface area (Å²) < 4.78 is 0. The quantitative estimate of drug-likeness (QED) is 0.876. The van der Waals surface area contributed by atoms with E-state index in [9.17, 15) is 4.79 Å². The molecule has 0 atom stereocenters. The molecule has 2 rings (SSSR count). The van der Waals surface area contributed by atoms with E-state index in [0.717, 1.165) is 13.0 Å². The normalized spacial score (nSPS) is 10.2. The first kappa shape index (κ1) is 15.5. The van der Waals surface area contributed by atoms with Gasteiger partial charge in [0.1, 0.15) is 5.82 Å². The Hall–Kier alpha value is -1.85. The van der Waals surface area contributed by atoms with Crippen LogP contribution < -0.4 is 10.6 Å². The van der Waals surface area contributed by atoms with Crippen LogP contribution in [0.5, 0.6) is 0 Å². The van der Waals surface area contributed by atoms with E-state index in [1.165, 1.54) is 6.20 Å². The number of nitrogens with zero attached hydrogens (tertiary/aromatic N) is 2. The molecular weight excluding hydrogens is 311 g/mol. The molecule has 2 heterocycles. The third-order valence-electron chi connectivity index (χ3n) is 2.64. The number of hydrogen-bond acceptors (Lipinski definition) is 4. The molecule has 7 heteroatoms. The molecule has 0 spiro atoms. The summed E-state index contributed by atoms with van der Waals surface area (Å²) in [7, 11) is 0. The highest BCUT2D eigenvalue weighted by atomic mass is 35.5. The monoisotopic (exact) mass is 324 g/mol. The van der Waals surface area contributed by atoms with Gasteiger partial charge in [0, 0.05) is 18.9 Å². The smallest absolute Gasteiger partial charge is 0.258 e. The topological polar surface area (TPSA) is 66.9 Å². The van der Waals surface area contributed by atoms with E-state index in [2.05, 4.69) is 20.6 Å². The zero-order valence-electron chi connectivity index (χ0n) is 11.4. The third kappa shape index (κ3) is 4.06. The molecule has 0 aromatic carbocycles. The minimum atomic E-state index is -0.368. The van der Waals surface area contributed by atoms with Crippen LogP contribution in [0.15, 0.2) is 30.6 Å². The maximum atomic E-state index is 12.1. The van der Waals surface area contributed by atoms with Gasteiger partial charge in [-0.1, -0.05) is 30.1 Å². The minimum Gasteiger partial charge on any atom is -0.369 e. The van der Waals surface area contributed by atoms with Crippen LogP contribution in [-0.4, -0.2) is 22.4 Å². The number of amides is 1. The summed E-state index contributed by atoms with van der Waals surface area (Å²) in [6, 6.07) is 4.89. The van der Waals surface area contributed by atoms with Crippen LogP contribution in [0.4, 0.5) is 11.6 Å². The molecule has 0 aliphatic rings. The Balaban J connectivity index is 2.13. The van der Waals surface area contributed by atoms with Crippen molar-refractivity contribution >= 4 is 40.7 Å². The number of anilines is 2. The van der Waals surface area contributed by atoms with Gasteiger partial charge in [0.2, 0.25) is 0 Å². The van der Waals surface area contributed by atoms with E-state index < -0.39 is 0 Å². The van der Waals surface area contributed by atoms with Crippen molar-refractivity contribution in [2.24, 2.45) is 0 Å². The maximum Gasteiger partial charge on any atom is 0.258 e. The second-order valence-corrected chi connectivity index (χ2v) is 5.08. The van der Waals surface area contributed by atoms with Crippen molar-refractivity contribution in [3.8, 4) is 0 Å². The van der Waals surface area contributed by atoms with Crippen molar-refractivity contribution in [2.45, 2.75) is 13.3 Å². The Morgan fingerprint density at radius 1 is 1.24 bits per heavy atom. The summed E-state index contributed by atoms with van der Waals surface area (Å²) in [4.78, 5) is 20.3. The highest BCUT2D eigenvalue weighted by Gasteiger charge is 2.12. The molecule has 0 saturated heterocycles. The summed E-state index contributed by atoms with van der Waals surface area (Å²) in [5, 5.41) is 6.45. The first-order valence-electron chi connectivity index (χ1n) is 6.43. The summed E-state index contributed by atoms with van der Waals surface area (Å²) in [6.07, 6.45) is 3.96. The van der Waals surface area contributed by atoms with Gasteiger partial charge >= 0.3 is 0 Å². The minimum absolute atomic E-state index is 0.300. The standard InChI is InChI=1S/C14H14Cl2N4O/c1-2-5-17-12-11(16)7-9(8-19-12)14(21)20-13-10(15)4-3-6-18-13/h3-4,6-8H,2,5H2,1H3,(H,17,19)(H,18,20,21). The number of nitrogens with one attached hydrogen (secondary N) is 2.